The number of anilines is 1. The van der Waals surface area contributed by atoms with Crippen molar-refractivity contribution in [1.29, 1.82) is 0 Å². The maximum atomic E-state index is 12.3. The Morgan fingerprint density at radius 2 is 2.11 bits per heavy atom. The molecule has 0 unspecified atom stereocenters. The Bertz CT molecular complexity index is 1030. The molecule has 0 bridgehead atoms. The fourth-order valence-corrected chi connectivity index (χ4v) is 4.31. The average molecular weight is 435 g/mol. The van der Waals surface area contributed by atoms with Crippen LogP contribution < -0.4 is 10.1 Å². The minimum absolute atomic E-state index is 0.289. The molecule has 7 heteroatoms. The fraction of sp³-hybridized carbons (Fsp3) is 0.238. The van der Waals surface area contributed by atoms with Gasteiger partial charge in [0.1, 0.15) is 5.75 Å². The molecule has 1 N–H and O–H groups in total. The van der Waals surface area contributed by atoms with Crippen LogP contribution in [0.2, 0.25) is 10.0 Å². The van der Waals surface area contributed by atoms with Crippen LogP contribution in [0.1, 0.15) is 30.9 Å². The number of hydrogen-bond acceptors (Lipinski definition) is 4. The van der Waals surface area contributed by atoms with Crippen molar-refractivity contribution >= 4 is 61.9 Å². The van der Waals surface area contributed by atoms with Gasteiger partial charge in [-0.3, -0.25) is 10.1 Å². The number of thiazole rings is 1. The lowest BCUT2D eigenvalue weighted by atomic mass is 10.1. The van der Waals surface area contributed by atoms with Gasteiger partial charge in [-0.15, -0.1) is 0 Å². The minimum atomic E-state index is -0.289. The molecule has 0 radical (unpaired) electrons. The number of carbonyl (C=O) groups excluding carboxylic acids is 1. The summed E-state index contributed by atoms with van der Waals surface area (Å²) >= 11 is 13.6. The van der Waals surface area contributed by atoms with Crippen LogP contribution in [0.4, 0.5) is 5.13 Å². The molecule has 1 heterocycles. The van der Waals surface area contributed by atoms with Crippen LogP contribution in [0.5, 0.6) is 5.75 Å². The summed E-state index contributed by atoms with van der Waals surface area (Å²) in [6.07, 6.45) is 6.40. The fourth-order valence-electron chi connectivity index (χ4n) is 2.79. The highest BCUT2D eigenvalue weighted by Gasteiger charge is 2.10. The predicted octanol–water partition coefficient (Wildman–Crippen LogP) is 6.61. The van der Waals surface area contributed by atoms with Crippen molar-refractivity contribution in [2.24, 2.45) is 0 Å². The zero-order valence-electron chi connectivity index (χ0n) is 15.6. The number of amides is 1. The zero-order chi connectivity index (χ0) is 20.1. The second-order valence-electron chi connectivity index (χ2n) is 6.26. The van der Waals surface area contributed by atoms with Crippen LogP contribution in [0.25, 0.3) is 16.3 Å². The van der Waals surface area contributed by atoms with E-state index in [1.54, 1.807) is 18.2 Å². The number of fused-ring (bicyclic) bond motifs is 1. The molecule has 3 rings (SSSR count). The number of unbranched alkanes of at least 4 members (excludes halogenated alkanes) is 1. The number of benzene rings is 2. The lowest BCUT2D eigenvalue weighted by molar-refractivity contribution is -0.111. The van der Waals surface area contributed by atoms with Gasteiger partial charge in [0.05, 0.1) is 22.3 Å². The number of hydrogen-bond donors (Lipinski definition) is 1. The first-order chi connectivity index (χ1) is 13.5. The summed E-state index contributed by atoms with van der Waals surface area (Å²) in [5.74, 6) is 0.179. The maximum Gasteiger partial charge on any atom is 0.250 e. The van der Waals surface area contributed by atoms with Gasteiger partial charge in [0.15, 0.2) is 5.13 Å². The molecule has 1 aromatic heterocycles. The van der Waals surface area contributed by atoms with Crippen molar-refractivity contribution < 1.29 is 9.53 Å². The van der Waals surface area contributed by atoms with E-state index in [1.165, 1.54) is 30.1 Å². The van der Waals surface area contributed by atoms with E-state index in [0.717, 1.165) is 29.5 Å². The van der Waals surface area contributed by atoms with Crippen LogP contribution in [0.15, 0.2) is 36.4 Å². The van der Waals surface area contributed by atoms with Crippen LogP contribution in [0.3, 0.4) is 0 Å². The van der Waals surface area contributed by atoms with Crippen molar-refractivity contribution in [1.82, 2.24) is 4.98 Å². The third-order valence-corrected chi connectivity index (χ3v) is 5.59. The van der Waals surface area contributed by atoms with E-state index in [0.29, 0.717) is 26.5 Å². The average Bonchev–Trinajstić information content (AvgIpc) is 3.05. The summed E-state index contributed by atoms with van der Waals surface area (Å²) in [6.45, 7) is 2.18. The summed E-state index contributed by atoms with van der Waals surface area (Å²) in [7, 11) is 1.52. The van der Waals surface area contributed by atoms with Gasteiger partial charge < -0.3 is 4.74 Å². The van der Waals surface area contributed by atoms with Gasteiger partial charge in [0.2, 0.25) is 5.91 Å². The third kappa shape index (κ3) is 5.04. The van der Waals surface area contributed by atoms with E-state index in [4.69, 9.17) is 27.9 Å². The number of ether oxygens (including phenoxy) is 1. The van der Waals surface area contributed by atoms with Crippen LogP contribution in [-0.2, 0) is 11.2 Å². The number of nitrogens with one attached hydrogen (secondary N) is 1. The molecule has 0 saturated heterocycles. The normalized spacial score (nSPS) is 11.3. The second kappa shape index (κ2) is 9.41. The molecule has 4 nitrogen and oxygen atoms in total. The highest BCUT2D eigenvalue weighted by Crippen LogP contribution is 2.33. The predicted molar refractivity (Wildman–Crippen MR) is 119 cm³/mol. The van der Waals surface area contributed by atoms with Crippen molar-refractivity contribution in [2.45, 2.75) is 26.2 Å². The minimum Gasteiger partial charge on any atom is -0.495 e. The van der Waals surface area contributed by atoms with Gasteiger partial charge in [0, 0.05) is 16.7 Å². The van der Waals surface area contributed by atoms with E-state index < -0.39 is 0 Å². The largest absolute Gasteiger partial charge is 0.495 e. The van der Waals surface area contributed by atoms with Gasteiger partial charge in [-0.2, -0.15) is 0 Å². The molecule has 3 aromatic rings. The summed E-state index contributed by atoms with van der Waals surface area (Å²) in [4.78, 5) is 16.8. The summed E-state index contributed by atoms with van der Waals surface area (Å²) in [5.41, 5.74) is 2.80. The molecule has 2 aromatic carbocycles. The Morgan fingerprint density at radius 3 is 2.86 bits per heavy atom. The number of carbonyl (C=O) groups is 1. The van der Waals surface area contributed by atoms with Gasteiger partial charge in [-0.25, -0.2) is 4.98 Å². The molecule has 146 valence electrons. The first kappa shape index (κ1) is 20.6. The smallest absolute Gasteiger partial charge is 0.250 e. The molecule has 0 aliphatic carbocycles. The molecule has 0 atom stereocenters. The topological polar surface area (TPSA) is 51.2 Å². The maximum absolute atomic E-state index is 12.3. The Balaban J connectivity index is 1.73. The Morgan fingerprint density at radius 1 is 1.29 bits per heavy atom. The number of halogens is 2. The monoisotopic (exact) mass is 434 g/mol. The Kier molecular flexibility index (Phi) is 6.94. The van der Waals surface area contributed by atoms with E-state index in [2.05, 4.69) is 29.4 Å². The van der Waals surface area contributed by atoms with Crippen LogP contribution in [-0.4, -0.2) is 18.0 Å². The van der Waals surface area contributed by atoms with Crippen LogP contribution >= 0.6 is 34.5 Å². The van der Waals surface area contributed by atoms with E-state index >= 15 is 0 Å². The number of aromatic nitrogens is 1. The number of nitrogens with zero attached hydrogens (tertiary/aromatic N) is 1. The molecule has 0 saturated carbocycles. The number of rotatable bonds is 7. The Labute approximate surface area is 178 Å². The summed E-state index contributed by atoms with van der Waals surface area (Å²) < 4.78 is 6.34. The first-order valence-corrected chi connectivity index (χ1v) is 10.5. The van der Waals surface area contributed by atoms with E-state index in [1.807, 2.05) is 6.07 Å². The molecule has 28 heavy (non-hydrogen) atoms. The highest BCUT2D eigenvalue weighted by atomic mass is 35.5. The molecule has 0 spiro atoms. The molecule has 0 aliphatic heterocycles. The third-order valence-electron chi connectivity index (χ3n) is 4.16. The number of aryl methyl sites for hydroxylation is 1. The van der Waals surface area contributed by atoms with E-state index in [9.17, 15) is 4.79 Å². The van der Waals surface area contributed by atoms with Crippen molar-refractivity contribution in [3.8, 4) is 5.75 Å². The zero-order valence-corrected chi connectivity index (χ0v) is 17.9. The van der Waals surface area contributed by atoms with E-state index in [-0.39, 0.29) is 5.91 Å². The molecular weight excluding hydrogens is 415 g/mol. The van der Waals surface area contributed by atoms with Crippen molar-refractivity contribution in [3.05, 3.63) is 57.6 Å². The quantitative estimate of drug-likeness (QED) is 0.425. The highest BCUT2D eigenvalue weighted by molar-refractivity contribution is 7.22. The Hall–Kier alpha value is -2.08. The first-order valence-electron chi connectivity index (χ1n) is 8.91. The van der Waals surface area contributed by atoms with Crippen molar-refractivity contribution in [3.63, 3.8) is 0 Å². The van der Waals surface area contributed by atoms with Gasteiger partial charge in [0.25, 0.3) is 0 Å². The lowest BCUT2D eigenvalue weighted by Crippen LogP contribution is -2.07. The van der Waals surface area contributed by atoms with Gasteiger partial charge in [-0.1, -0.05) is 53.9 Å². The summed E-state index contributed by atoms with van der Waals surface area (Å²) in [6, 6.07) is 9.52. The van der Waals surface area contributed by atoms with Gasteiger partial charge >= 0.3 is 0 Å². The van der Waals surface area contributed by atoms with Gasteiger partial charge in [-0.05, 0) is 48.7 Å². The molecule has 1 amide bonds. The number of methoxy groups -OCH3 is 1. The molecule has 0 fully saturated rings. The summed E-state index contributed by atoms with van der Waals surface area (Å²) in [5, 5.41) is 4.23. The standard InChI is InChI=1S/C21H20Cl2N2O2S/c1-3-4-5-13-6-8-17-18(10-13)28-21(24-17)25-19(26)9-7-14-11-15(22)12-16(23)20(14)27-2/h6-12H,3-5H2,1-2H3,(H,24,25,26). The van der Waals surface area contributed by atoms with Crippen LogP contribution in [0, 0.1) is 0 Å². The second-order valence-corrected chi connectivity index (χ2v) is 8.13. The molecule has 0 aliphatic rings. The SMILES string of the molecule is CCCCc1ccc2nc(NC(=O)C=Cc3cc(Cl)cc(Cl)c3OC)sc2c1. The molecular formula is C21H20Cl2N2O2S. The van der Waals surface area contributed by atoms with Crippen molar-refractivity contribution in [2.75, 3.05) is 12.4 Å². The lowest BCUT2D eigenvalue weighted by Gasteiger charge is -2.07.